The fraction of sp³-hybridized carbons (Fsp3) is 0.812. The molecule has 0 fully saturated rings. The Hall–Kier alpha value is -0.720. The second-order valence-corrected chi connectivity index (χ2v) is 8.29. The Morgan fingerprint density at radius 1 is 1.00 bits per heavy atom. The van der Waals surface area contributed by atoms with Gasteiger partial charge < -0.3 is 14.1 Å². The molecule has 0 aromatic heterocycles. The normalized spacial score (nSPS) is 14.2. The van der Waals surface area contributed by atoms with Crippen molar-refractivity contribution in [2.45, 2.75) is 39.0 Å². The number of ether oxygens (including phenoxy) is 1. The largest absolute Gasteiger partial charge is 0.472 e. The van der Waals surface area contributed by atoms with Crippen molar-refractivity contribution in [2.75, 3.05) is 47.5 Å². The van der Waals surface area contributed by atoms with Crippen molar-refractivity contribution in [3.05, 3.63) is 12.2 Å². The SMILES string of the molecule is C=C(C)C(=O)OCCCCCCOP(=O)(O)OCCC[N+](C)(C)C. The van der Waals surface area contributed by atoms with E-state index in [9.17, 15) is 14.3 Å². The number of hydrogen-bond donors (Lipinski definition) is 1. The van der Waals surface area contributed by atoms with Crippen LogP contribution in [0, 0.1) is 0 Å². The van der Waals surface area contributed by atoms with Crippen molar-refractivity contribution in [3.63, 3.8) is 0 Å². The third-order valence-electron chi connectivity index (χ3n) is 3.10. The molecule has 0 aliphatic rings. The van der Waals surface area contributed by atoms with E-state index >= 15 is 0 Å². The maximum absolute atomic E-state index is 11.7. The predicted molar refractivity (Wildman–Crippen MR) is 93.5 cm³/mol. The Bertz CT molecular complexity index is 433. The standard InChI is InChI=1S/C16H32NO6P/c1-15(2)16(18)21-12-8-6-7-9-13-22-24(19,20)23-14-10-11-17(3,4)5/h1,6-14H2,2-5H3/p+1. The number of hydrogen-bond acceptors (Lipinski definition) is 5. The number of rotatable bonds is 14. The second kappa shape index (κ2) is 11.8. The number of esters is 1. The van der Waals surface area contributed by atoms with Crippen LogP contribution in [0.2, 0.25) is 0 Å². The van der Waals surface area contributed by atoms with E-state index in [0.717, 1.165) is 30.3 Å². The summed E-state index contributed by atoms with van der Waals surface area (Å²) in [5.74, 6) is -0.373. The molecule has 7 nitrogen and oxygen atoms in total. The van der Waals surface area contributed by atoms with Crippen LogP contribution >= 0.6 is 7.82 Å². The lowest BCUT2D eigenvalue weighted by atomic mass is 10.2. The van der Waals surface area contributed by atoms with Crippen LogP contribution < -0.4 is 0 Å². The molecule has 8 heteroatoms. The first-order valence-electron chi connectivity index (χ1n) is 8.28. The van der Waals surface area contributed by atoms with E-state index in [1.165, 1.54) is 0 Å². The highest BCUT2D eigenvalue weighted by molar-refractivity contribution is 7.47. The molecular formula is C16H33NO6P+. The van der Waals surface area contributed by atoms with Crippen molar-refractivity contribution in [1.29, 1.82) is 0 Å². The molecule has 0 aromatic carbocycles. The Kier molecular flexibility index (Phi) is 11.4. The maximum atomic E-state index is 11.7. The summed E-state index contributed by atoms with van der Waals surface area (Å²) in [6.07, 6.45) is 3.78. The van der Waals surface area contributed by atoms with Gasteiger partial charge in [-0.3, -0.25) is 9.05 Å². The first-order valence-corrected chi connectivity index (χ1v) is 9.78. The second-order valence-electron chi connectivity index (χ2n) is 6.83. The highest BCUT2D eigenvalue weighted by atomic mass is 31.2. The van der Waals surface area contributed by atoms with E-state index in [1.807, 2.05) is 0 Å². The summed E-state index contributed by atoms with van der Waals surface area (Å²) >= 11 is 0. The minimum absolute atomic E-state index is 0.175. The van der Waals surface area contributed by atoms with Crippen LogP contribution in [-0.4, -0.2) is 62.9 Å². The fourth-order valence-electron chi connectivity index (χ4n) is 1.78. The summed E-state index contributed by atoms with van der Waals surface area (Å²) in [5, 5.41) is 0. The van der Waals surface area contributed by atoms with Gasteiger partial charge in [-0.25, -0.2) is 9.36 Å². The van der Waals surface area contributed by atoms with E-state index in [4.69, 9.17) is 13.8 Å². The summed E-state index contributed by atoms with van der Waals surface area (Å²) in [6.45, 7) is 6.71. The number of quaternary nitrogens is 1. The van der Waals surface area contributed by atoms with Crippen LogP contribution in [0.15, 0.2) is 12.2 Å². The molecule has 0 rings (SSSR count). The molecule has 0 aromatic rings. The van der Waals surface area contributed by atoms with Gasteiger partial charge in [-0.15, -0.1) is 0 Å². The van der Waals surface area contributed by atoms with Gasteiger partial charge in [0.1, 0.15) is 0 Å². The molecule has 1 N–H and O–H groups in total. The van der Waals surface area contributed by atoms with Crippen LogP contribution in [0.4, 0.5) is 0 Å². The minimum Gasteiger partial charge on any atom is -0.462 e. The lowest BCUT2D eigenvalue weighted by Gasteiger charge is -2.23. The minimum atomic E-state index is -3.95. The molecule has 0 radical (unpaired) electrons. The van der Waals surface area contributed by atoms with E-state index in [-0.39, 0.29) is 19.2 Å². The van der Waals surface area contributed by atoms with Gasteiger partial charge in [-0.2, -0.15) is 0 Å². The third-order valence-corrected chi connectivity index (χ3v) is 4.12. The zero-order chi connectivity index (χ0) is 18.6. The average Bonchev–Trinajstić information content (AvgIpc) is 2.45. The third kappa shape index (κ3) is 14.8. The lowest BCUT2D eigenvalue weighted by Crippen LogP contribution is -2.35. The van der Waals surface area contributed by atoms with E-state index in [2.05, 4.69) is 27.7 Å². The molecule has 1 atom stereocenters. The van der Waals surface area contributed by atoms with Crippen molar-refractivity contribution in [3.8, 4) is 0 Å². The number of phosphoric ester groups is 1. The molecular weight excluding hydrogens is 333 g/mol. The number of carbonyl (C=O) groups is 1. The number of nitrogens with zero attached hydrogens (tertiary/aromatic N) is 1. The van der Waals surface area contributed by atoms with Gasteiger partial charge in [0, 0.05) is 12.0 Å². The molecule has 0 saturated heterocycles. The molecule has 0 aliphatic heterocycles. The van der Waals surface area contributed by atoms with Crippen LogP contribution in [0.25, 0.3) is 0 Å². The van der Waals surface area contributed by atoms with Gasteiger partial charge in [-0.05, 0) is 26.2 Å². The van der Waals surface area contributed by atoms with Crippen LogP contribution in [-0.2, 0) is 23.1 Å². The Labute approximate surface area is 145 Å². The summed E-state index contributed by atoms with van der Waals surface area (Å²) in [7, 11) is 2.20. The van der Waals surface area contributed by atoms with Gasteiger partial charge in [0.25, 0.3) is 0 Å². The van der Waals surface area contributed by atoms with Gasteiger partial charge in [0.2, 0.25) is 0 Å². The molecule has 24 heavy (non-hydrogen) atoms. The zero-order valence-electron chi connectivity index (χ0n) is 15.5. The molecule has 0 heterocycles. The predicted octanol–water partition coefficient (Wildman–Crippen LogP) is 2.90. The molecule has 0 aliphatic carbocycles. The van der Waals surface area contributed by atoms with E-state index < -0.39 is 7.82 Å². The Morgan fingerprint density at radius 3 is 2.00 bits per heavy atom. The van der Waals surface area contributed by atoms with Gasteiger partial charge in [-0.1, -0.05) is 13.0 Å². The molecule has 0 bridgehead atoms. The van der Waals surface area contributed by atoms with Crippen molar-refractivity contribution in [2.24, 2.45) is 0 Å². The van der Waals surface area contributed by atoms with Crippen molar-refractivity contribution < 1.29 is 32.5 Å². The van der Waals surface area contributed by atoms with Crippen molar-refractivity contribution in [1.82, 2.24) is 0 Å². The maximum Gasteiger partial charge on any atom is 0.472 e. The topological polar surface area (TPSA) is 82.1 Å². The van der Waals surface area contributed by atoms with Crippen LogP contribution in [0.5, 0.6) is 0 Å². The van der Waals surface area contributed by atoms with Gasteiger partial charge in [0.15, 0.2) is 0 Å². The van der Waals surface area contributed by atoms with E-state index in [1.54, 1.807) is 6.92 Å². The quantitative estimate of drug-likeness (QED) is 0.167. The van der Waals surface area contributed by atoms with E-state index in [0.29, 0.717) is 25.0 Å². The monoisotopic (exact) mass is 366 g/mol. The Balaban J connectivity index is 3.56. The molecule has 1 unspecified atom stereocenters. The number of unbranched alkanes of at least 4 members (excludes halogenated alkanes) is 3. The highest BCUT2D eigenvalue weighted by Crippen LogP contribution is 2.43. The molecule has 0 spiro atoms. The molecule has 0 amide bonds. The van der Waals surface area contributed by atoms with Gasteiger partial charge >= 0.3 is 13.8 Å². The average molecular weight is 366 g/mol. The van der Waals surface area contributed by atoms with Gasteiger partial charge in [0.05, 0.1) is 47.5 Å². The Morgan fingerprint density at radius 2 is 1.50 bits per heavy atom. The first-order chi connectivity index (χ1) is 11.0. The summed E-state index contributed by atoms with van der Waals surface area (Å²) in [6, 6.07) is 0. The zero-order valence-corrected chi connectivity index (χ0v) is 16.3. The smallest absolute Gasteiger partial charge is 0.462 e. The van der Waals surface area contributed by atoms with Crippen LogP contribution in [0.1, 0.15) is 39.0 Å². The fourth-order valence-corrected chi connectivity index (χ4v) is 2.58. The highest BCUT2D eigenvalue weighted by Gasteiger charge is 2.20. The summed E-state index contributed by atoms with van der Waals surface area (Å²) < 4.78 is 27.3. The lowest BCUT2D eigenvalue weighted by molar-refractivity contribution is -0.870. The summed E-state index contributed by atoms with van der Waals surface area (Å²) in [5.41, 5.74) is 0.392. The number of carbonyl (C=O) groups excluding carboxylic acids is 1. The number of phosphoric acid groups is 1. The van der Waals surface area contributed by atoms with Crippen molar-refractivity contribution >= 4 is 13.8 Å². The summed E-state index contributed by atoms with van der Waals surface area (Å²) in [4.78, 5) is 20.7. The van der Waals surface area contributed by atoms with Crippen LogP contribution in [0.3, 0.4) is 0 Å². The first kappa shape index (κ1) is 23.3. The molecule has 0 saturated carbocycles. The molecule has 142 valence electrons.